The molecule has 0 bridgehead atoms. The molecule has 1 aromatic rings. The highest BCUT2D eigenvalue weighted by Gasteiger charge is 2.24. The van der Waals surface area contributed by atoms with Crippen LogP contribution in [-0.2, 0) is 11.2 Å². The number of ether oxygens (including phenoxy) is 1. The summed E-state index contributed by atoms with van der Waals surface area (Å²) in [6.07, 6.45) is 2.25. The van der Waals surface area contributed by atoms with Crippen molar-refractivity contribution in [2.75, 3.05) is 6.61 Å². The van der Waals surface area contributed by atoms with Crippen LogP contribution in [0.3, 0.4) is 0 Å². The molecule has 0 aliphatic heterocycles. The highest BCUT2D eigenvalue weighted by atomic mass is 79.9. The van der Waals surface area contributed by atoms with Gasteiger partial charge in [-0.3, -0.25) is 4.79 Å². The van der Waals surface area contributed by atoms with E-state index in [9.17, 15) is 4.79 Å². The van der Waals surface area contributed by atoms with Crippen LogP contribution < -0.4 is 0 Å². The first-order valence-electron chi connectivity index (χ1n) is 4.86. The molecule has 1 aromatic carbocycles. The second-order valence-electron chi connectivity index (χ2n) is 3.41. The van der Waals surface area contributed by atoms with Crippen LogP contribution in [0.25, 0.3) is 0 Å². The molecular weight excluding hydrogens is 256 g/mol. The maximum absolute atomic E-state index is 11.9. The van der Waals surface area contributed by atoms with Crippen molar-refractivity contribution >= 4 is 21.7 Å². The summed E-state index contributed by atoms with van der Waals surface area (Å²) in [5, 5.41) is 0. The van der Waals surface area contributed by atoms with Gasteiger partial charge in [-0.1, -0.05) is 15.9 Å². The molecule has 0 atom stereocenters. The van der Waals surface area contributed by atoms with Crippen LogP contribution >= 0.6 is 15.9 Å². The Balaban J connectivity index is 2.33. The van der Waals surface area contributed by atoms with Crippen LogP contribution in [0, 0.1) is 0 Å². The second-order valence-corrected chi connectivity index (χ2v) is 4.32. The van der Waals surface area contributed by atoms with Crippen LogP contribution in [0.4, 0.5) is 0 Å². The van der Waals surface area contributed by atoms with Gasteiger partial charge in [0.2, 0.25) is 0 Å². The molecule has 0 N–H and O–H groups in total. The molecule has 1 aliphatic rings. The minimum absolute atomic E-state index is 0.0888. The third kappa shape index (κ3) is 1.97. The van der Waals surface area contributed by atoms with Gasteiger partial charge in [0.15, 0.2) is 5.78 Å². The molecule has 0 amide bonds. The van der Waals surface area contributed by atoms with E-state index >= 15 is 0 Å². The van der Waals surface area contributed by atoms with Gasteiger partial charge in [-0.2, -0.15) is 0 Å². The molecular formula is C12H11BrO2. The lowest BCUT2D eigenvalue weighted by atomic mass is 10.1. The van der Waals surface area contributed by atoms with E-state index < -0.39 is 0 Å². The Kier molecular flexibility index (Phi) is 2.91. The quantitative estimate of drug-likeness (QED) is 0.608. The minimum Gasteiger partial charge on any atom is -0.501 e. The van der Waals surface area contributed by atoms with E-state index in [1.807, 2.05) is 25.1 Å². The topological polar surface area (TPSA) is 26.3 Å². The zero-order valence-electron chi connectivity index (χ0n) is 8.42. The van der Waals surface area contributed by atoms with Crippen molar-refractivity contribution in [3.8, 4) is 0 Å². The zero-order valence-corrected chi connectivity index (χ0v) is 10.0. The summed E-state index contributed by atoms with van der Waals surface area (Å²) in [6, 6.07) is 5.73. The molecule has 0 heterocycles. The Labute approximate surface area is 97.1 Å². The molecule has 1 aliphatic carbocycles. The Hall–Kier alpha value is -1.09. The fraction of sp³-hybridized carbons (Fsp3) is 0.250. The highest BCUT2D eigenvalue weighted by Crippen LogP contribution is 2.28. The van der Waals surface area contributed by atoms with Crippen LogP contribution in [0.5, 0.6) is 0 Å². The molecule has 78 valence electrons. The first kappa shape index (κ1) is 10.4. The maximum atomic E-state index is 11.9. The largest absolute Gasteiger partial charge is 0.501 e. The van der Waals surface area contributed by atoms with Crippen molar-refractivity contribution in [3.63, 3.8) is 0 Å². The number of halogens is 1. The lowest BCUT2D eigenvalue weighted by Crippen LogP contribution is -1.96. The molecule has 0 spiro atoms. The smallest absolute Gasteiger partial charge is 0.192 e. The zero-order chi connectivity index (χ0) is 10.8. The van der Waals surface area contributed by atoms with E-state index in [2.05, 4.69) is 15.9 Å². The van der Waals surface area contributed by atoms with Crippen molar-refractivity contribution in [1.82, 2.24) is 0 Å². The van der Waals surface area contributed by atoms with Crippen molar-refractivity contribution in [2.45, 2.75) is 13.3 Å². The van der Waals surface area contributed by atoms with E-state index in [1.165, 1.54) is 0 Å². The van der Waals surface area contributed by atoms with Gasteiger partial charge >= 0.3 is 0 Å². The van der Waals surface area contributed by atoms with Crippen LogP contribution in [0.1, 0.15) is 22.8 Å². The van der Waals surface area contributed by atoms with Crippen molar-refractivity contribution in [1.29, 1.82) is 0 Å². The minimum atomic E-state index is 0.0888. The molecule has 0 saturated heterocycles. The SMILES string of the molecule is CCO/C=C1/Cc2cc(Br)ccc2C1=O. The van der Waals surface area contributed by atoms with Gasteiger partial charge in [-0.15, -0.1) is 0 Å². The summed E-state index contributed by atoms with van der Waals surface area (Å²) in [5.74, 6) is 0.0888. The Morgan fingerprint density at radius 2 is 2.33 bits per heavy atom. The van der Waals surface area contributed by atoms with Crippen LogP contribution in [-0.4, -0.2) is 12.4 Å². The number of rotatable bonds is 2. The lowest BCUT2D eigenvalue weighted by molar-refractivity contribution is 0.103. The number of carbonyl (C=O) groups is 1. The van der Waals surface area contributed by atoms with E-state index in [-0.39, 0.29) is 5.78 Å². The predicted molar refractivity (Wildman–Crippen MR) is 61.9 cm³/mol. The summed E-state index contributed by atoms with van der Waals surface area (Å²) < 4.78 is 6.16. The van der Waals surface area contributed by atoms with E-state index in [0.717, 1.165) is 21.2 Å². The molecule has 3 heteroatoms. The monoisotopic (exact) mass is 266 g/mol. The molecule has 2 nitrogen and oxygen atoms in total. The fourth-order valence-corrected chi connectivity index (χ4v) is 2.08. The summed E-state index contributed by atoms with van der Waals surface area (Å²) in [6.45, 7) is 2.50. The number of carbonyl (C=O) groups excluding carboxylic acids is 1. The van der Waals surface area contributed by atoms with Gasteiger partial charge in [0, 0.05) is 22.0 Å². The normalized spacial score (nSPS) is 16.9. The number of allylic oxidation sites excluding steroid dienone is 1. The number of Topliss-reactive ketones (excluding diaryl/α,β-unsaturated/α-hetero) is 1. The second kappa shape index (κ2) is 4.19. The van der Waals surface area contributed by atoms with E-state index in [0.29, 0.717) is 13.0 Å². The third-order valence-corrected chi connectivity index (χ3v) is 2.87. The number of hydrogen-bond acceptors (Lipinski definition) is 2. The summed E-state index contributed by atoms with van der Waals surface area (Å²) in [7, 11) is 0. The van der Waals surface area contributed by atoms with Gasteiger partial charge < -0.3 is 4.74 Å². The number of benzene rings is 1. The van der Waals surface area contributed by atoms with Crippen LogP contribution in [0.15, 0.2) is 34.5 Å². The summed E-state index contributed by atoms with van der Waals surface area (Å²) in [4.78, 5) is 11.9. The molecule has 0 aromatic heterocycles. The molecule has 0 radical (unpaired) electrons. The molecule has 15 heavy (non-hydrogen) atoms. The maximum Gasteiger partial charge on any atom is 0.192 e. The Bertz CT molecular complexity index is 435. The first-order valence-corrected chi connectivity index (χ1v) is 5.65. The molecule has 0 fully saturated rings. The Morgan fingerprint density at radius 1 is 1.53 bits per heavy atom. The summed E-state index contributed by atoms with van der Waals surface area (Å²) >= 11 is 3.40. The van der Waals surface area contributed by atoms with E-state index in [1.54, 1.807) is 6.26 Å². The van der Waals surface area contributed by atoms with Crippen molar-refractivity contribution in [2.24, 2.45) is 0 Å². The predicted octanol–water partition coefficient (Wildman–Crippen LogP) is 3.11. The van der Waals surface area contributed by atoms with Gasteiger partial charge in [0.1, 0.15) is 0 Å². The number of ketones is 1. The van der Waals surface area contributed by atoms with Crippen LogP contribution in [0.2, 0.25) is 0 Å². The number of fused-ring (bicyclic) bond motifs is 1. The first-order chi connectivity index (χ1) is 7.22. The van der Waals surface area contributed by atoms with Gasteiger partial charge in [-0.25, -0.2) is 0 Å². The fourth-order valence-electron chi connectivity index (χ4n) is 1.67. The highest BCUT2D eigenvalue weighted by molar-refractivity contribution is 9.10. The lowest BCUT2D eigenvalue weighted by Gasteiger charge is -1.95. The Morgan fingerprint density at radius 3 is 3.07 bits per heavy atom. The molecule has 0 saturated carbocycles. The van der Waals surface area contributed by atoms with Gasteiger partial charge in [-0.05, 0) is 30.7 Å². The number of hydrogen-bond donors (Lipinski definition) is 0. The average molecular weight is 267 g/mol. The molecule has 2 rings (SSSR count). The van der Waals surface area contributed by atoms with Crippen molar-refractivity contribution in [3.05, 3.63) is 45.6 Å². The molecule has 0 unspecified atom stereocenters. The van der Waals surface area contributed by atoms with Gasteiger partial charge in [0.05, 0.1) is 12.9 Å². The average Bonchev–Trinajstić information content (AvgIpc) is 2.52. The third-order valence-electron chi connectivity index (χ3n) is 2.38. The van der Waals surface area contributed by atoms with Crippen molar-refractivity contribution < 1.29 is 9.53 Å². The van der Waals surface area contributed by atoms with Gasteiger partial charge in [0.25, 0.3) is 0 Å². The summed E-state index contributed by atoms with van der Waals surface area (Å²) in [5.41, 5.74) is 2.61. The van der Waals surface area contributed by atoms with E-state index in [4.69, 9.17) is 4.74 Å². The standard InChI is InChI=1S/C12H11BrO2/c1-2-15-7-9-5-8-6-10(13)3-4-11(8)12(9)14/h3-4,6-7H,2,5H2,1H3/b9-7-.